The summed E-state index contributed by atoms with van der Waals surface area (Å²) < 4.78 is 0. The number of aromatic nitrogens is 1. The van der Waals surface area contributed by atoms with E-state index >= 15 is 0 Å². The van der Waals surface area contributed by atoms with E-state index in [1.165, 1.54) is 0 Å². The molecule has 18 heavy (non-hydrogen) atoms. The fourth-order valence-corrected chi connectivity index (χ4v) is 2.91. The van der Waals surface area contributed by atoms with Gasteiger partial charge in [0.25, 0.3) is 0 Å². The van der Waals surface area contributed by atoms with E-state index in [1.54, 1.807) is 12.4 Å². The molecule has 0 aliphatic carbocycles. The van der Waals surface area contributed by atoms with Crippen LogP contribution in [0, 0.1) is 0 Å². The average molecular weight is 288 g/mol. The lowest BCUT2D eigenvalue weighted by Crippen LogP contribution is -2.53. The van der Waals surface area contributed by atoms with Gasteiger partial charge >= 0.3 is 0 Å². The van der Waals surface area contributed by atoms with E-state index in [0.29, 0.717) is 10.0 Å². The summed E-state index contributed by atoms with van der Waals surface area (Å²) in [6, 6.07) is 0. The average Bonchev–Trinajstić information content (AvgIpc) is 2.28. The zero-order valence-corrected chi connectivity index (χ0v) is 12.6. The van der Waals surface area contributed by atoms with E-state index in [4.69, 9.17) is 23.2 Å². The first kappa shape index (κ1) is 13.9. The molecule has 2 rings (SSSR count). The maximum atomic E-state index is 6.19. The normalized spacial score (nSPS) is 18.2. The second kappa shape index (κ2) is 5.24. The van der Waals surface area contributed by atoms with Crippen molar-refractivity contribution in [1.29, 1.82) is 0 Å². The van der Waals surface area contributed by atoms with Gasteiger partial charge in [0.2, 0.25) is 0 Å². The van der Waals surface area contributed by atoms with Crippen LogP contribution in [0.4, 0.5) is 5.69 Å². The number of hydrogen-bond acceptors (Lipinski definition) is 3. The Labute approximate surface area is 119 Å². The van der Waals surface area contributed by atoms with Crippen LogP contribution in [0.25, 0.3) is 0 Å². The molecule has 0 saturated carbocycles. The quantitative estimate of drug-likeness (QED) is 0.790. The van der Waals surface area contributed by atoms with Gasteiger partial charge in [-0.25, -0.2) is 0 Å². The van der Waals surface area contributed by atoms with Crippen molar-refractivity contribution in [2.45, 2.75) is 26.3 Å². The Morgan fingerprint density at radius 1 is 1.00 bits per heavy atom. The summed E-state index contributed by atoms with van der Waals surface area (Å²) in [6.45, 7) is 10.7. The van der Waals surface area contributed by atoms with Gasteiger partial charge in [0, 0.05) is 44.1 Å². The van der Waals surface area contributed by atoms with Gasteiger partial charge in [0.1, 0.15) is 0 Å². The summed E-state index contributed by atoms with van der Waals surface area (Å²) >= 11 is 12.4. The van der Waals surface area contributed by atoms with Gasteiger partial charge in [0.05, 0.1) is 15.7 Å². The monoisotopic (exact) mass is 287 g/mol. The van der Waals surface area contributed by atoms with Crippen molar-refractivity contribution in [3.63, 3.8) is 0 Å². The number of halogens is 2. The van der Waals surface area contributed by atoms with Crippen molar-refractivity contribution in [3.05, 3.63) is 22.4 Å². The lowest BCUT2D eigenvalue weighted by molar-refractivity contribution is 0.128. The van der Waals surface area contributed by atoms with Gasteiger partial charge in [0.15, 0.2) is 0 Å². The molecule has 3 nitrogen and oxygen atoms in total. The van der Waals surface area contributed by atoms with E-state index in [1.807, 2.05) is 0 Å². The van der Waals surface area contributed by atoms with E-state index < -0.39 is 0 Å². The minimum absolute atomic E-state index is 0.220. The third-order valence-corrected chi connectivity index (χ3v) is 3.93. The van der Waals surface area contributed by atoms with Crippen LogP contribution in [0.3, 0.4) is 0 Å². The second-order valence-corrected chi connectivity index (χ2v) is 6.41. The smallest absolute Gasteiger partial charge is 0.0838 e. The molecule has 1 aromatic rings. The molecule has 2 heterocycles. The van der Waals surface area contributed by atoms with E-state index in [2.05, 4.69) is 35.6 Å². The summed E-state index contributed by atoms with van der Waals surface area (Å²) in [5, 5.41) is 1.26. The number of anilines is 1. The highest BCUT2D eigenvalue weighted by molar-refractivity contribution is 6.38. The second-order valence-electron chi connectivity index (χ2n) is 5.60. The van der Waals surface area contributed by atoms with Crippen LogP contribution in [0.15, 0.2) is 12.4 Å². The Kier molecular flexibility index (Phi) is 4.05. The van der Waals surface area contributed by atoms with Crippen LogP contribution in [-0.2, 0) is 0 Å². The van der Waals surface area contributed by atoms with Crippen molar-refractivity contribution in [3.8, 4) is 0 Å². The molecule has 100 valence electrons. The van der Waals surface area contributed by atoms with Gasteiger partial charge in [-0.2, -0.15) is 0 Å². The SMILES string of the molecule is CC(C)(C)N1CCN(c2c(Cl)cncc2Cl)CC1. The Bertz CT molecular complexity index is 400. The van der Waals surface area contributed by atoms with E-state index in [-0.39, 0.29) is 5.54 Å². The predicted molar refractivity (Wildman–Crippen MR) is 77.8 cm³/mol. The van der Waals surface area contributed by atoms with Crippen molar-refractivity contribution in [1.82, 2.24) is 9.88 Å². The molecule has 0 spiro atoms. The molecule has 1 saturated heterocycles. The van der Waals surface area contributed by atoms with Gasteiger partial charge in [-0.1, -0.05) is 23.2 Å². The summed E-state index contributed by atoms with van der Waals surface area (Å²) in [6.07, 6.45) is 3.30. The summed E-state index contributed by atoms with van der Waals surface area (Å²) in [7, 11) is 0. The maximum Gasteiger partial charge on any atom is 0.0838 e. The van der Waals surface area contributed by atoms with Crippen LogP contribution in [0.2, 0.25) is 10.0 Å². The van der Waals surface area contributed by atoms with Gasteiger partial charge in [-0.05, 0) is 20.8 Å². The molecule has 1 fully saturated rings. The van der Waals surface area contributed by atoms with Crippen LogP contribution in [-0.4, -0.2) is 41.6 Å². The predicted octanol–water partition coefficient (Wildman–Crippen LogP) is 3.31. The van der Waals surface area contributed by atoms with Crippen molar-refractivity contribution in [2.75, 3.05) is 31.1 Å². The molecular formula is C13H19Cl2N3. The Hall–Kier alpha value is -0.510. The minimum atomic E-state index is 0.220. The van der Waals surface area contributed by atoms with E-state index in [9.17, 15) is 0 Å². The maximum absolute atomic E-state index is 6.19. The number of hydrogen-bond donors (Lipinski definition) is 0. The van der Waals surface area contributed by atoms with Crippen LogP contribution in [0.1, 0.15) is 20.8 Å². The van der Waals surface area contributed by atoms with Gasteiger partial charge < -0.3 is 4.90 Å². The Balaban J connectivity index is 2.11. The Morgan fingerprint density at radius 3 is 1.94 bits per heavy atom. The first-order chi connectivity index (χ1) is 8.39. The molecule has 0 N–H and O–H groups in total. The molecule has 0 amide bonds. The fourth-order valence-electron chi connectivity index (χ4n) is 2.31. The highest BCUT2D eigenvalue weighted by Gasteiger charge is 2.27. The minimum Gasteiger partial charge on any atom is -0.366 e. The van der Waals surface area contributed by atoms with Crippen molar-refractivity contribution < 1.29 is 0 Å². The van der Waals surface area contributed by atoms with E-state index in [0.717, 1.165) is 31.9 Å². The molecule has 1 aliphatic heterocycles. The molecule has 1 aliphatic rings. The first-order valence-corrected chi connectivity index (χ1v) is 6.94. The number of rotatable bonds is 1. The standard InChI is InChI=1S/C13H19Cl2N3/c1-13(2,3)18-6-4-17(5-7-18)12-10(14)8-16-9-11(12)15/h8-9H,4-7H2,1-3H3. The fraction of sp³-hybridized carbons (Fsp3) is 0.615. The molecule has 0 radical (unpaired) electrons. The highest BCUT2D eigenvalue weighted by atomic mass is 35.5. The number of pyridine rings is 1. The van der Waals surface area contributed by atoms with Gasteiger partial charge in [-0.15, -0.1) is 0 Å². The summed E-state index contributed by atoms with van der Waals surface area (Å²) in [4.78, 5) is 8.72. The molecular weight excluding hydrogens is 269 g/mol. The first-order valence-electron chi connectivity index (χ1n) is 6.18. The Morgan fingerprint density at radius 2 is 1.50 bits per heavy atom. The zero-order chi connectivity index (χ0) is 13.3. The van der Waals surface area contributed by atoms with Crippen molar-refractivity contribution >= 4 is 28.9 Å². The molecule has 0 atom stereocenters. The largest absolute Gasteiger partial charge is 0.366 e. The molecule has 0 bridgehead atoms. The van der Waals surface area contributed by atoms with Gasteiger partial charge in [-0.3, -0.25) is 9.88 Å². The lowest BCUT2D eigenvalue weighted by Gasteiger charge is -2.43. The molecule has 5 heteroatoms. The van der Waals surface area contributed by atoms with Crippen LogP contribution < -0.4 is 4.90 Å². The van der Waals surface area contributed by atoms with Crippen molar-refractivity contribution in [2.24, 2.45) is 0 Å². The third-order valence-electron chi connectivity index (χ3n) is 3.37. The van der Waals surface area contributed by atoms with Crippen LogP contribution in [0.5, 0.6) is 0 Å². The highest BCUT2D eigenvalue weighted by Crippen LogP contribution is 2.33. The third kappa shape index (κ3) is 2.90. The number of nitrogens with zero attached hydrogens (tertiary/aromatic N) is 3. The lowest BCUT2D eigenvalue weighted by atomic mass is 10.0. The summed E-state index contributed by atoms with van der Waals surface area (Å²) in [5.41, 5.74) is 1.14. The van der Waals surface area contributed by atoms with Crippen LogP contribution >= 0.6 is 23.2 Å². The topological polar surface area (TPSA) is 19.4 Å². The number of piperazine rings is 1. The zero-order valence-electron chi connectivity index (χ0n) is 11.1. The molecule has 0 aromatic carbocycles. The summed E-state index contributed by atoms with van der Waals surface area (Å²) in [5.74, 6) is 0. The molecule has 0 unspecified atom stereocenters. The molecule has 1 aromatic heterocycles.